The van der Waals surface area contributed by atoms with E-state index in [-0.39, 0.29) is 23.9 Å². The van der Waals surface area contributed by atoms with Crippen molar-refractivity contribution in [1.82, 2.24) is 14.5 Å². The molecule has 0 saturated carbocycles. The van der Waals surface area contributed by atoms with Gasteiger partial charge in [0, 0.05) is 13.1 Å². The average molecular weight is 358 g/mol. The van der Waals surface area contributed by atoms with Gasteiger partial charge in [-0.1, -0.05) is 0 Å². The van der Waals surface area contributed by atoms with E-state index < -0.39 is 5.97 Å². The molecule has 114 valence electrons. The van der Waals surface area contributed by atoms with Crippen LogP contribution in [0.2, 0.25) is 0 Å². The molecule has 1 aliphatic rings. The zero-order chi connectivity index (χ0) is 15.6. The van der Waals surface area contributed by atoms with Gasteiger partial charge in [-0.2, -0.15) is 0 Å². The number of carbonyl (C=O) groups is 2. The Kier molecular flexibility index (Phi) is 4.76. The molecule has 0 aliphatic carbocycles. The first kappa shape index (κ1) is 15.7. The topological polar surface area (TPSA) is 92.5 Å². The van der Waals surface area contributed by atoms with Crippen LogP contribution in [0.1, 0.15) is 18.5 Å². The van der Waals surface area contributed by atoms with E-state index >= 15 is 0 Å². The number of amides is 1. The fourth-order valence-electron chi connectivity index (χ4n) is 2.28. The Labute approximate surface area is 129 Å². The number of likely N-dealkylation sites (tertiary alicyclic amines) is 1. The lowest BCUT2D eigenvalue weighted by Crippen LogP contribution is -2.43. The van der Waals surface area contributed by atoms with E-state index in [9.17, 15) is 14.4 Å². The van der Waals surface area contributed by atoms with Crippen molar-refractivity contribution in [2.75, 3.05) is 13.1 Å². The van der Waals surface area contributed by atoms with E-state index in [4.69, 9.17) is 5.11 Å². The highest BCUT2D eigenvalue weighted by Crippen LogP contribution is 2.17. The number of carboxylic acids is 1. The quantitative estimate of drug-likeness (QED) is 0.856. The lowest BCUT2D eigenvalue weighted by atomic mass is 9.97. The number of aryl methyl sites for hydroxylation is 1. The molecule has 1 aromatic heterocycles. The van der Waals surface area contributed by atoms with E-state index in [1.54, 1.807) is 11.8 Å². The zero-order valence-corrected chi connectivity index (χ0v) is 13.2. The van der Waals surface area contributed by atoms with Gasteiger partial charge in [0.1, 0.15) is 11.0 Å². The number of piperidine rings is 1. The van der Waals surface area contributed by atoms with Crippen LogP contribution in [0.25, 0.3) is 0 Å². The summed E-state index contributed by atoms with van der Waals surface area (Å²) in [5, 5.41) is 8.93. The second kappa shape index (κ2) is 6.38. The summed E-state index contributed by atoms with van der Waals surface area (Å²) in [5.74, 6) is -1.39. The molecule has 0 bridgehead atoms. The van der Waals surface area contributed by atoms with E-state index in [2.05, 4.69) is 20.9 Å². The standard InChI is InChI=1S/C13H16BrN3O4/c1-8-11(14)12(19)17(7-15-8)6-10(18)16-4-2-9(3-5-16)13(20)21/h7,9H,2-6H2,1H3,(H,20,21). The highest BCUT2D eigenvalue weighted by Gasteiger charge is 2.27. The van der Waals surface area contributed by atoms with Crippen molar-refractivity contribution in [3.8, 4) is 0 Å². The van der Waals surface area contributed by atoms with E-state index in [0.29, 0.717) is 36.1 Å². The lowest BCUT2D eigenvalue weighted by molar-refractivity contribution is -0.145. The molecule has 21 heavy (non-hydrogen) atoms. The normalized spacial score (nSPS) is 16.0. The predicted molar refractivity (Wildman–Crippen MR) is 77.9 cm³/mol. The largest absolute Gasteiger partial charge is 0.481 e. The van der Waals surface area contributed by atoms with Crippen LogP contribution < -0.4 is 5.56 Å². The van der Waals surface area contributed by atoms with E-state index in [1.807, 2.05) is 0 Å². The summed E-state index contributed by atoms with van der Waals surface area (Å²) in [6.45, 7) is 2.44. The van der Waals surface area contributed by atoms with Crippen LogP contribution in [0.3, 0.4) is 0 Å². The number of rotatable bonds is 3. The van der Waals surface area contributed by atoms with E-state index in [1.165, 1.54) is 10.9 Å². The fraction of sp³-hybridized carbons (Fsp3) is 0.538. The number of carbonyl (C=O) groups excluding carboxylic acids is 1. The zero-order valence-electron chi connectivity index (χ0n) is 11.6. The molecule has 0 aromatic carbocycles. The number of carboxylic acid groups (broad SMARTS) is 1. The van der Waals surface area contributed by atoms with Gasteiger partial charge in [0.25, 0.3) is 5.56 Å². The fourth-order valence-corrected chi connectivity index (χ4v) is 2.61. The Balaban J connectivity index is 2.02. The molecule has 1 aliphatic heterocycles. The van der Waals surface area contributed by atoms with Gasteiger partial charge < -0.3 is 10.0 Å². The van der Waals surface area contributed by atoms with Gasteiger partial charge >= 0.3 is 5.97 Å². The van der Waals surface area contributed by atoms with Gasteiger partial charge in [0.05, 0.1) is 17.9 Å². The highest BCUT2D eigenvalue weighted by atomic mass is 79.9. The molecule has 0 atom stereocenters. The van der Waals surface area contributed by atoms with Crippen molar-refractivity contribution in [3.63, 3.8) is 0 Å². The van der Waals surface area contributed by atoms with Gasteiger partial charge in [-0.3, -0.25) is 19.0 Å². The molecule has 1 fully saturated rings. The Bertz CT molecular complexity index is 620. The van der Waals surface area contributed by atoms with Crippen molar-refractivity contribution in [3.05, 3.63) is 26.8 Å². The molecule has 2 heterocycles. The summed E-state index contributed by atoms with van der Waals surface area (Å²) in [7, 11) is 0. The SMILES string of the molecule is Cc1ncn(CC(=O)N2CCC(C(=O)O)CC2)c(=O)c1Br. The van der Waals surface area contributed by atoms with Crippen LogP contribution >= 0.6 is 15.9 Å². The van der Waals surface area contributed by atoms with Crippen LogP contribution in [-0.2, 0) is 16.1 Å². The Morgan fingerprint density at radius 3 is 2.62 bits per heavy atom. The number of aliphatic carboxylic acids is 1. The Morgan fingerprint density at radius 1 is 1.43 bits per heavy atom. The second-order valence-electron chi connectivity index (χ2n) is 5.07. The molecule has 8 heteroatoms. The molecule has 1 saturated heterocycles. The van der Waals surface area contributed by atoms with Crippen LogP contribution in [-0.4, -0.2) is 44.5 Å². The summed E-state index contributed by atoms with van der Waals surface area (Å²) in [6, 6.07) is 0. The van der Waals surface area contributed by atoms with Crippen LogP contribution in [0, 0.1) is 12.8 Å². The molecule has 0 unspecified atom stereocenters. The van der Waals surface area contributed by atoms with Gasteiger partial charge in [0.2, 0.25) is 5.91 Å². The molecule has 2 rings (SSSR count). The number of hydrogen-bond acceptors (Lipinski definition) is 4. The van der Waals surface area contributed by atoms with Crippen LogP contribution in [0.15, 0.2) is 15.6 Å². The first-order valence-corrected chi connectivity index (χ1v) is 7.41. The maximum Gasteiger partial charge on any atom is 0.306 e. The third-order valence-corrected chi connectivity index (χ3v) is 4.57. The number of hydrogen-bond donors (Lipinski definition) is 1. The number of halogens is 1. The van der Waals surface area contributed by atoms with Crippen molar-refractivity contribution in [1.29, 1.82) is 0 Å². The minimum Gasteiger partial charge on any atom is -0.481 e. The molecule has 1 amide bonds. The third-order valence-electron chi connectivity index (χ3n) is 3.66. The van der Waals surface area contributed by atoms with Gasteiger partial charge in [0.15, 0.2) is 0 Å². The molecule has 1 N–H and O–H groups in total. The molecule has 0 radical (unpaired) electrons. The smallest absolute Gasteiger partial charge is 0.306 e. The van der Waals surface area contributed by atoms with Crippen LogP contribution in [0.5, 0.6) is 0 Å². The highest BCUT2D eigenvalue weighted by molar-refractivity contribution is 9.10. The lowest BCUT2D eigenvalue weighted by Gasteiger charge is -2.30. The van der Waals surface area contributed by atoms with Gasteiger partial charge in [-0.25, -0.2) is 4.98 Å². The second-order valence-corrected chi connectivity index (χ2v) is 5.86. The molecule has 1 aromatic rings. The minimum atomic E-state index is -0.815. The van der Waals surface area contributed by atoms with E-state index in [0.717, 1.165) is 0 Å². The summed E-state index contributed by atoms with van der Waals surface area (Å²) < 4.78 is 1.60. The number of nitrogens with zero attached hydrogens (tertiary/aromatic N) is 3. The minimum absolute atomic E-state index is 0.0809. The van der Waals surface area contributed by atoms with Crippen molar-refractivity contribution in [2.45, 2.75) is 26.3 Å². The van der Waals surface area contributed by atoms with Gasteiger partial charge in [-0.15, -0.1) is 0 Å². The Morgan fingerprint density at radius 2 is 2.05 bits per heavy atom. The first-order valence-electron chi connectivity index (χ1n) is 6.62. The maximum atomic E-state index is 12.2. The Hall–Kier alpha value is -1.70. The molecule has 0 spiro atoms. The molecular weight excluding hydrogens is 342 g/mol. The summed E-state index contributed by atoms with van der Waals surface area (Å²) in [4.78, 5) is 40.7. The molecule has 7 nitrogen and oxygen atoms in total. The molecular formula is C13H16BrN3O4. The first-order chi connectivity index (χ1) is 9.90. The van der Waals surface area contributed by atoms with Crippen molar-refractivity contribution < 1.29 is 14.7 Å². The van der Waals surface area contributed by atoms with Crippen molar-refractivity contribution >= 4 is 27.8 Å². The third kappa shape index (κ3) is 3.49. The summed E-state index contributed by atoms with van der Waals surface area (Å²) in [5.41, 5.74) is 0.280. The average Bonchev–Trinajstić information content (AvgIpc) is 2.48. The number of aromatic nitrogens is 2. The monoisotopic (exact) mass is 357 g/mol. The van der Waals surface area contributed by atoms with Crippen molar-refractivity contribution in [2.24, 2.45) is 5.92 Å². The summed E-state index contributed by atoms with van der Waals surface area (Å²) >= 11 is 3.15. The van der Waals surface area contributed by atoms with Crippen LogP contribution in [0.4, 0.5) is 0 Å². The maximum absolute atomic E-state index is 12.2. The summed E-state index contributed by atoms with van der Waals surface area (Å²) in [6.07, 6.45) is 2.25. The predicted octanol–water partition coefficient (Wildman–Crippen LogP) is 0.637. The van der Waals surface area contributed by atoms with Gasteiger partial charge in [-0.05, 0) is 35.7 Å².